The van der Waals surface area contributed by atoms with Crippen molar-refractivity contribution < 1.29 is 14.5 Å². The van der Waals surface area contributed by atoms with E-state index >= 15 is 0 Å². The van der Waals surface area contributed by atoms with Gasteiger partial charge >= 0.3 is 0 Å². The highest BCUT2D eigenvalue weighted by Gasteiger charge is 2.05. The molecule has 22 heavy (non-hydrogen) atoms. The molecule has 0 unspecified atom stereocenters. The van der Waals surface area contributed by atoms with Gasteiger partial charge in [-0.1, -0.05) is 28.9 Å². The Labute approximate surface area is 132 Å². The Kier molecular flexibility index (Phi) is 5.32. The van der Waals surface area contributed by atoms with Gasteiger partial charge in [0, 0.05) is 22.7 Å². The monoisotopic (exact) mass is 320 g/mol. The van der Waals surface area contributed by atoms with Gasteiger partial charge in [-0.05, 0) is 23.8 Å². The predicted molar refractivity (Wildman–Crippen MR) is 83.5 cm³/mol. The number of methoxy groups -OCH3 is 1. The number of nitrogens with zero attached hydrogens (tertiary/aromatic N) is 2. The molecule has 0 aliphatic rings. The molecule has 2 rings (SSSR count). The summed E-state index contributed by atoms with van der Waals surface area (Å²) in [7, 11) is 1.55. The third-order valence-corrected chi connectivity index (χ3v) is 3.05. The molecule has 6 nitrogen and oxygen atoms in total. The van der Waals surface area contributed by atoms with E-state index in [2.05, 4.69) is 5.16 Å². The van der Waals surface area contributed by atoms with Gasteiger partial charge in [0.05, 0.1) is 18.2 Å². The normalized spacial score (nSPS) is 10.6. The van der Waals surface area contributed by atoms with E-state index < -0.39 is 4.92 Å². The third kappa shape index (κ3) is 4.20. The van der Waals surface area contributed by atoms with Crippen molar-refractivity contribution in [3.05, 3.63) is 68.7 Å². The molecule has 0 aliphatic carbocycles. The second kappa shape index (κ2) is 7.42. The molecule has 2 aromatic rings. The molecule has 0 N–H and O–H groups in total. The van der Waals surface area contributed by atoms with Crippen molar-refractivity contribution in [2.45, 2.75) is 6.61 Å². The summed E-state index contributed by atoms with van der Waals surface area (Å²) in [6.07, 6.45) is 1.47. The molecule has 0 amide bonds. The number of ether oxygens (including phenoxy) is 1. The van der Waals surface area contributed by atoms with Crippen LogP contribution in [-0.2, 0) is 11.4 Å². The van der Waals surface area contributed by atoms with Crippen LogP contribution in [0.2, 0.25) is 5.02 Å². The van der Waals surface area contributed by atoms with E-state index in [0.29, 0.717) is 21.9 Å². The predicted octanol–water partition coefficient (Wildman–Crippen LogP) is 3.81. The first-order valence-electron chi connectivity index (χ1n) is 6.32. The van der Waals surface area contributed by atoms with Crippen molar-refractivity contribution in [1.29, 1.82) is 0 Å². The van der Waals surface area contributed by atoms with Crippen LogP contribution in [-0.4, -0.2) is 18.2 Å². The lowest BCUT2D eigenvalue weighted by molar-refractivity contribution is -0.384. The van der Waals surface area contributed by atoms with Gasteiger partial charge in [0.2, 0.25) is 0 Å². The molecule has 0 heterocycles. The fraction of sp³-hybridized carbons (Fsp3) is 0.133. The van der Waals surface area contributed by atoms with Gasteiger partial charge in [-0.3, -0.25) is 10.1 Å². The number of hydrogen-bond donors (Lipinski definition) is 0. The number of nitro groups is 1. The highest BCUT2D eigenvalue weighted by atomic mass is 35.5. The van der Waals surface area contributed by atoms with Crippen LogP contribution in [0.3, 0.4) is 0 Å². The van der Waals surface area contributed by atoms with Gasteiger partial charge in [0.25, 0.3) is 5.69 Å². The molecule has 0 saturated carbocycles. The minimum absolute atomic E-state index is 0.0154. The summed E-state index contributed by atoms with van der Waals surface area (Å²) < 4.78 is 5.18. The molecular weight excluding hydrogens is 308 g/mol. The first-order chi connectivity index (χ1) is 10.6. The number of halogens is 1. The summed E-state index contributed by atoms with van der Waals surface area (Å²) in [5.74, 6) is 0.618. The van der Waals surface area contributed by atoms with Gasteiger partial charge in [-0.2, -0.15) is 0 Å². The quantitative estimate of drug-likeness (QED) is 0.461. The third-order valence-electron chi connectivity index (χ3n) is 2.81. The lowest BCUT2D eigenvalue weighted by Crippen LogP contribution is -1.93. The van der Waals surface area contributed by atoms with Gasteiger partial charge in [0.1, 0.15) is 12.4 Å². The maximum absolute atomic E-state index is 10.7. The van der Waals surface area contributed by atoms with Gasteiger partial charge < -0.3 is 9.57 Å². The minimum atomic E-state index is -0.455. The molecule has 0 spiro atoms. The first-order valence-corrected chi connectivity index (χ1v) is 6.70. The topological polar surface area (TPSA) is 74.0 Å². The molecule has 2 aromatic carbocycles. The number of non-ortho nitro benzene ring substituents is 1. The molecular formula is C15H13ClN2O4. The summed E-state index contributed by atoms with van der Waals surface area (Å²) >= 11 is 5.91. The van der Waals surface area contributed by atoms with Crippen molar-refractivity contribution in [3.8, 4) is 5.75 Å². The smallest absolute Gasteiger partial charge is 0.269 e. The molecule has 0 atom stereocenters. The zero-order valence-corrected chi connectivity index (χ0v) is 12.5. The molecule has 0 saturated heterocycles. The molecule has 0 aromatic heterocycles. The van der Waals surface area contributed by atoms with Crippen molar-refractivity contribution >= 4 is 23.5 Å². The number of rotatable bonds is 6. The average Bonchev–Trinajstić information content (AvgIpc) is 2.52. The zero-order chi connectivity index (χ0) is 15.9. The van der Waals surface area contributed by atoms with Crippen LogP contribution in [0.1, 0.15) is 11.1 Å². The SMILES string of the molecule is COc1ccc(Cl)cc1/C=N\OCc1cccc([N+](=O)[O-])c1. The van der Waals surface area contributed by atoms with Crippen LogP contribution in [0.4, 0.5) is 5.69 Å². The van der Waals surface area contributed by atoms with Crippen LogP contribution < -0.4 is 4.74 Å². The van der Waals surface area contributed by atoms with Crippen molar-refractivity contribution in [1.82, 2.24) is 0 Å². The number of oxime groups is 1. The van der Waals surface area contributed by atoms with E-state index in [9.17, 15) is 10.1 Å². The highest BCUT2D eigenvalue weighted by molar-refractivity contribution is 6.30. The maximum atomic E-state index is 10.7. The van der Waals surface area contributed by atoms with Crippen molar-refractivity contribution in [2.75, 3.05) is 7.11 Å². The number of benzene rings is 2. The van der Waals surface area contributed by atoms with Gasteiger partial charge in [-0.15, -0.1) is 0 Å². The standard InChI is InChI=1S/C15H13ClN2O4/c1-21-15-6-5-13(16)8-12(15)9-17-22-10-11-3-2-4-14(7-11)18(19)20/h2-9H,10H2,1H3/b17-9-. The average molecular weight is 321 g/mol. The number of hydrogen-bond acceptors (Lipinski definition) is 5. The first kappa shape index (κ1) is 15.8. The Morgan fingerprint density at radius 2 is 2.14 bits per heavy atom. The number of nitro benzene ring substituents is 1. The molecule has 7 heteroatoms. The van der Waals surface area contributed by atoms with E-state index in [4.69, 9.17) is 21.2 Å². The Hall–Kier alpha value is -2.60. The van der Waals surface area contributed by atoms with Crippen LogP contribution >= 0.6 is 11.6 Å². The summed E-state index contributed by atoms with van der Waals surface area (Å²) in [6, 6.07) is 11.3. The van der Waals surface area contributed by atoms with E-state index in [1.165, 1.54) is 18.3 Å². The minimum Gasteiger partial charge on any atom is -0.496 e. The van der Waals surface area contributed by atoms with E-state index in [0.717, 1.165) is 0 Å². The van der Waals surface area contributed by atoms with Gasteiger partial charge in [-0.25, -0.2) is 0 Å². The molecule has 0 fully saturated rings. The summed E-state index contributed by atoms with van der Waals surface area (Å²) in [6.45, 7) is 0.126. The molecule has 0 radical (unpaired) electrons. The lowest BCUT2D eigenvalue weighted by atomic mass is 10.2. The Morgan fingerprint density at radius 1 is 1.32 bits per heavy atom. The second-order valence-electron chi connectivity index (χ2n) is 4.32. The lowest BCUT2D eigenvalue weighted by Gasteiger charge is -2.04. The molecule has 0 bridgehead atoms. The second-order valence-corrected chi connectivity index (χ2v) is 4.76. The van der Waals surface area contributed by atoms with Crippen molar-refractivity contribution in [2.24, 2.45) is 5.16 Å². The summed E-state index contributed by atoms with van der Waals surface area (Å²) in [5.41, 5.74) is 1.35. The largest absolute Gasteiger partial charge is 0.496 e. The van der Waals surface area contributed by atoms with E-state index in [-0.39, 0.29) is 12.3 Å². The van der Waals surface area contributed by atoms with Crippen LogP contribution in [0.5, 0.6) is 5.75 Å². The van der Waals surface area contributed by atoms with Crippen molar-refractivity contribution in [3.63, 3.8) is 0 Å². The molecule has 114 valence electrons. The van der Waals surface area contributed by atoms with Gasteiger partial charge in [0.15, 0.2) is 0 Å². The van der Waals surface area contributed by atoms with Crippen LogP contribution in [0.15, 0.2) is 47.6 Å². The fourth-order valence-electron chi connectivity index (χ4n) is 1.77. The zero-order valence-electron chi connectivity index (χ0n) is 11.7. The van der Waals surface area contributed by atoms with E-state index in [1.54, 1.807) is 37.4 Å². The summed E-state index contributed by atoms with van der Waals surface area (Å²) in [5, 5.41) is 15.1. The highest BCUT2D eigenvalue weighted by Crippen LogP contribution is 2.21. The Morgan fingerprint density at radius 3 is 2.86 bits per heavy atom. The fourth-order valence-corrected chi connectivity index (χ4v) is 1.95. The Bertz CT molecular complexity index is 704. The maximum Gasteiger partial charge on any atom is 0.269 e. The van der Waals surface area contributed by atoms with Crippen LogP contribution in [0, 0.1) is 10.1 Å². The van der Waals surface area contributed by atoms with E-state index in [1.807, 2.05) is 0 Å². The summed E-state index contributed by atoms with van der Waals surface area (Å²) in [4.78, 5) is 15.4. The molecule has 0 aliphatic heterocycles. The Balaban J connectivity index is 2.00. The van der Waals surface area contributed by atoms with Crippen LogP contribution in [0.25, 0.3) is 0 Å².